The summed E-state index contributed by atoms with van der Waals surface area (Å²) in [6, 6.07) is 5.78. The molecule has 1 aliphatic heterocycles. The number of aromatic nitrogens is 1. The lowest BCUT2D eigenvalue weighted by molar-refractivity contribution is 0.101. The molecule has 3 rings (SSSR count). The molecule has 6 nitrogen and oxygen atoms in total. The van der Waals surface area contributed by atoms with Gasteiger partial charge in [0.1, 0.15) is 16.4 Å². The topological polar surface area (TPSA) is 71.4 Å². The first-order valence-electron chi connectivity index (χ1n) is 8.92. The summed E-state index contributed by atoms with van der Waals surface area (Å²) in [5.74, 6) is -0.590. The molecule has 0 aliphatic carbocycles. The third-order valence-corrected chi connectivity index (χ3v) is 6.73. The Morgan fingerprint density at radius 2 is 2.04 bits per heavy atom. The molecular formula is C19H24FN3O3S. The molecule has 27 heavy (non-hydrogen) atoms. The number of nitrogens with zero attached hydrogens (tertiary/aromatic N) is 2. The van der Waals surface area contributed by atoms with E-state index in [1.165, 1.54) is 27.2 Å². The second-order valence-electron chi connectivity index (χ2n) is 7.20. The molecule has 1 atom stereocenters. The average molecular weight is 393 g/mol. The lowest BCUT2D eigenvalue weighted by atomic mass is 10.0. The second kappa shape index (κ2) is 7.44. The van der Waals surface area contributed by atoms with Crippen LogP contribution in [-0.2, 0) is 17.1 Å². The van der Waals surface area contributed by atoms with E-state index >= 15 is 0 Å². The lowest BCUT2D eigenvalue weighted by Gasteiger charge is -2.29. The number of piperidine rings is 1. The molecule has 0 saturated carbocycles. The molecular weight excluding hydrogens is 369 g/mol. The van der Waals surface area contributed by atoms with Gasteiger partial charge in [0.25, 0.3) is 5.91 Å². The predicted octanol–water partition coefficient (Wildman–Crippen LogP) is 3.15. The van der Waals surface area contributed by atoms with Crippen LogP contribution in [-0.4, -0.2) is 36.3 Å². The fourth-order valence-corrected chi connectivity index (χ4v) is 4.95. The van der Waals surface area contributed by atoms with Crippen LogP contribution in [0.4, 0.5) is 10.1 Å². The molecule has 2 aromatic rings. The maximum atomic E-state index is 13.7. The van der Waals surface area contributed by atoms with Crippen LogP contribution in [0.2, 0.25) is 0 Å². The summed E-state index contributed by atoms with van der Waals surface area (Å²) in [6.07, 6.45) is 3.29. The summed E-state index contributed by atoms with van der Waals surface area (Å²) in [5, 5.41) is 2.61. The minimum atomic E-state index is -3.64. The maximum absolute atomic E-state index is 13.7. The van der Waals surface area contributed by atoms with Crippen LogP contribution in [0.1, 0.15) is 35.8 Å². The quantitative estimate of drug-likeness (QED) is 0.867. The number of anilines is 1. The normalized spacial score (nSPS) is 18.4. The van der Waals surface area contributed by atoms with Crippen LogP contribution in [0, 0.1) is 18.7 Å². The number of hydrogen-bond acceptors (Lipinski definition) is 3. The van der Waals surface area contributed by atoms with Crippen molar-refractivity contribution in [3.8, 4) is 0 Å². The van der Waals surface area contributed by atoms with Gasteiger partial charge in [0.05, 0.1) is 0 Å². The van der Waals surface area contributed by atoms with Crippen molar-refractivity contribution in [3.05, 3.63) is 47.5 Å². The van der Waals surface area contributed by atoms with E-state index in [1.807, 2.05) is 6.92 Å². The second-order valence-corrected chi connectivity index (χ2v) is 9.14. The highest BCUT2D eigenvalue weighted by molar-refractivity contribution is 7.89. The van der Waals surface area contributed by atoms with Crippen molar-refractivity contribution >= 4 is 21.6 Å². The van der Waals surface area contributed by atoms with Gasteiger partial charge < -0.3 is 9.88 Å². The van der Waals surface area contributed by atoms with Crippen molar-refractivity contribution in [1.29, 1.82) is 0 Å². The smallest absolute Gasteiger partial charge is 0.272 e. The van der Waals surface area contributed by atoms with Gasteiger partial charge >= 0.3 is 0 Å². The number of hydrogen-bond donors (Lipinski definition) is 1. The summed E-state index contributed by atoms with van der Waals surface area (Å²) < 4.78 is 42.4. The Balaban J connectivity index is 1.83. The van der Waals surface area contributed by atoms with Crippen molar-refractivity contribution < 1.29 is 17.6 Å². The number of nitrogens with one attached hydrogen (secondary N) is 1. The molecule has 1 saturated heterocycles. The molecule has 1 N–H and O–H groups in total. The summed E-state index contributed by atoms with van der Waals surface area (Å²) in [6.45, 7) is 4.65. The van der Waals surface area contributed by atoms with Crippen LogP contribution >= 0.6 is 0 Å². The first-order chi connectivity index (χ1) is 12.7. The Labute approximate surface area is 159 Å². The standard InChI is InChI=1S/C19H24FN3O3S/c1-13-5-4-8-23(11-13)27(25,26)16-10-18(22(3)12-16)19(24)21-15-7-6-14(2)17(20)9-15/h6-7,9-10,12-13H,4-5,8,11H2,1-3H3,(H,21,24)/t13-/m0/s1. The number of benzene rings is 1. The van der Waals surface area contributed by atoms with E-state index in [0.717, 1.165) is 12.8 Å². The van der Waals surface area contributed by atoms with Gasteiger partial charge in [-0.2, -0.15) is 4.31 Å². The van der Waals surface area contributed by atoms with E-state index in [2.05, 4.69) is 5.32 Å². The van der Waals surface area contributed by atoms with E-state index < -0.39 is 21.7 Å². The SMILES string of the molecule is Cc1ccc(NC(=O)c2cc(S(=O)(=O)N3CCC[C@H](C)C3)cn2C)cc1F. The zero-order valence-electron chi connectivity index (χ0n) is 15.7. The van der Waals surface area contributed by atoms with Gasteiger partial charge in [-0.25, -0.2) is 12.8 Å². The van der Waals surface area contributed by atoms with Gasteiger partial charge in [0, 0.05) is 32.0 Å². The molecule has 146 valence electrons. The van der Waals surface area contributed by atoms with E-state index in [9.17, 15) is 17.6 Å². The third-order valence-electron chi connectivity index (χ3n) is 4.90. The van der Waals surface area contributed by atoms with Crippen molar-refractivity contribution in [1.82, 2.24) is 8.87 Å². The first-order valence-corrected chi connectivity index (χ1v) is 10.4. The van der Waals surface area contributed by atoms with E-state index in [-0.39, 0.29) is 10.6 Å². The number of amides is 1. The van der Waals surface area contributed by atoms with Crippen LogP contribution in [0.25, 0.3) is 0 Å². The fourth-order valence-electron chi connectivity index (χ4n) is 3.28. The van der Waals surface area contributed by atoms with Gasteiger partial charge in [-0.15, -0.1) is 0 Å². The Bertz CT molecular complexity index is 969. The van der Waals surface area contributed by atoms with E-state index in [4.69, 9.17) is 0 Å². The zero-order chi connectivity index (χ0) is 19.8. The molecule has 1 aromatic carbocycles. The molecule has 1 fully saturated rings. The summed E-state index contributed by atoms with van der Waals surface area (Å²) in [4.78, 5) is 12.6. The Hall–Kier alpha value is -2.19. The minimum absolute atomic E-state index is 0.0966. The average Bonchev–Trinajstić information content (AvgIpc) is 3.01. The van der Waals surface area contributed by atoms with Crippen LogP contribution in [0.5, 0.6) is 0 Å². The molecule has 0 spiro atoms. The van der Waals surface area contributed by atoms with Gasteiger partial charge in [-0.05, 0) is 49.4 Å². The largest absolute Gasteiger partial charge is 0.345 e. The number of halogens is 1. The molecule has 0 bridgehead atoms. The van der Waals surface area contributed by atoms with Crippen molar-refractivity contribution in [2.45, 2.75) is 31.6 Å². The third kappa shape index (κ3) is 4.06. The lowest BCUT2D eigenvalue weighted by Crippen LogP contribution is -2.38. The number of aryl methyl sites for hydroxylation is 2. The number of sulfonamides is 1. The zero-order valence-corrected chi connectivity index (χ0v) is 16.5. The Morgan fingerprint density at radius 3 is 2.70 bits per heavy atom. The molecule has 0 radical (unpaired) electrons. The highest BCUT2D eigenvalue weighted by Gasteiger charge is 2.30. The van der Waals surface area contributed by atoms with Gasteiger partial charge in [-0.3, -0.25) is 4.79 Å². The molecule has 1 amide bonds. The maximum Gasteiger partial charge on any atom is 0.272 e. The van der Waals surface area contributed by atoms with E-state index in [1.54, 1.807) is 26.1 Å². The predicted molar refractivity (Wildman–Crippen MR) is 102 cm³/mol. The molecule has 2 heterocycles. The van der Waals surface area contributed by atoms with Gasteiger partial charge in [-0.1, -0.05) is 13.0 Å². The van der Waals surface area contributed by atoms with Gasteiger partial charge in [0.2, 0.25) is 10.0 Å². The molecule has 8 heteroatoms. The number of carbonyl (C=O) groups is 1. The molecule has 1 aromatic heterocycles. The van der Waals surface area contributed by atoms with Crippen molar-refractivity contribution in [3.63, 3.8) is 0 Å². The van der Waals surface area contributed by atoms with Gasteiger partial charge in [0.15, 0.2) is 0 Å². The Morgan fingerprint density at radius 1 is 1.30 bits per heavy atom. The summed E-state index contributed by atoms with van der Waals surface area (Å²) in [7, 11) is -2.03. The first kappa shape index (κ1) is 19.6. The molecule has 1 aliphatic rings. The highest BCUT2D eigenvalue weighted by Crippen LogP contribution is 2.25. The Kier molecular flexibility index (Phi) is 5.39. The summed E-state index contributed by atoms with van der Waals surface area (Å²) in [5.41, 5.74) is 0.995. The van der Waals surface area contributed by atoms with Crippen LogP contribution < -0.4 is 5.32 Å². The fraction of sp³-hybridized carbons (Fsp3) is 0.421. The van der Waals surface area contributed by atoms with Crippen LogP contribution in [0.3, 0.4) is 0 Å². The summed E-state index contributed by atoms with van der Waals surface area (Å²) >= 11 is 0. The van der Waals surface area contributed by atoms with Crippen LogP contribution in [0.15, 0.2) is 35.4 Å². The minimum Gasteiger partial charge on any atom is -0.345 e. The molecule has 0 unspecified atom stereocenters. The van der Waals surface area contributed by atoms with Crippen molar-refractivity contribution in [2.24, 2.45) is 13.0 Å². The van der Waals surface area contributed by atoms with Crippen molar-refractivity contribution in [2.75, 3.05) is 18.4 Å². The number of rotatable bonds is 4. The monoisotopic (exact) mass is 393 g/mol. The van der Waals surface area contributed by atoms with E-state index in [0.29, 0.717) is 30.3 Å². The number of carbonyl (C=O) groups excluding carboxylic acids is 1. The highest BCUT2D eigenvalue weighted by atomic mass is 32.2.